The minimum atomic E-state index is -0.292. The Morgan fingerprint density at radius 3 is 2.36 bits per heavy atom. The van der Waals surface area contributed by atoms with Crippen LogP contribution in [0, 0.1) is 0 Å². The average molecular weight is 334 g/mol. The summed E-state index contributed by atoms with van der Waals surface area (Å²) >= 11 is 0. The molecule has 1 heterocycles. The van der Waals surface area contributed by atoms with Crippen molar-refractivity contribution in [1.82, 2.24) is 4.98 Å². The molecule has 0 bridgehead atoms. The first-order valence-electron chi connectivity index (χ1n) is 7.76. The normalized spacial score (nSPS) is 10.2. The van der Waals surface area contributed by atoms with Gasteiger partial charge < -0.3 is 14.8 Å². The van der Waals surface area contributed by atoms with E-state index in [-0.39, 0.29) is 5.91 Å². The van der Waals surface area contributed by atoms with Gasteiger partial charge in [-0.3, -0.25) is 4.79 Å². The van der Waals surface area contributed by atoms with E-state index in [4.69, 9.17) is 9.47 Å². The van der Waals surface area contributed by atoms with E-state index < -0.39 is 0 Å². The van der Waals surface area contributed by atoms with Crippen LogP contribution in [0.1, 0.15) is 10.4 Å². The van der Waals surface area contributed by atoms with Crippen molar-refractivity contribution in [1.29, 1.82) is 0 Å². The second-order valence-electron chi connectivity index (χ2n) is 5.32. The van der Waals surface area contributed by atoms with E-state index >= 15 is 0 Å². The zero-order valence-corrected chi connectivity index (χ0v) is 14.0. The molecule has 1 N–H and O–H groups in total. The number of pyridine rings is 1. The van der Waals surface area contributed by atoms with Crippen LogP contribution in [-0.2, 0) is 0 Å². The molecule has 0 radical (unpaired) electrons. The summed E-state index contributed by atoms with van der Waals surface area (Å²) in [5.74, 6) is 1.25. The number of methoxy groups -OCH3 is 2. The minimum Gasteiger partial charge on any atom is -0.497 e. The van der Waals surface area contributed by atoms with E-state index in [1.165, 1.54) is 7.11 Å². The van der Waals surface area contributed by atoms with Crippen molar-refractivity contribution in [3.8, 4) is 22.6 Å². The van der Waals surface area contributed by atoms with E-state index in [2.05, 4.69) is 10.3 Å². The van der Waals surface area contributed by atoms with Crippen LogP contribution in [-0.4, -0.2) is 25.1 Å². The minimum absolute atomic E-state index is 0.292. The maximum atomic E-state index is 12.5. The van der Waals surface area contributed by atoms with Gasteiger partial charge in [-0.05, 0) is 29.8 Å². The number of aromatic nitrogens is 1. The Labute approximate surface area is 146 Å². The second kappa shape index (κ2) is 7.49. The molecule has 1 amide bonds. The number of carbonyl (C=O) groups excluding carboxylic acids is 1. The van der Waals surface area contributed by atoms with Gasteiger partial charge in [-0.1, -0.05) is 30.3 Å². The molecule has 0 atom stereocenters. The van der Waals surface area contributed by atoms with Crippen molar-refractivity contribution in [2.45, 2.75) is 0 Å². The zero-order valence-electron chi connectivity index (χ0n) is 14.0. The summed E-state index contributed by atoms with van der Waals surface area (Å²) in [6.45, 7) is 0. The summed E-state index contributed by atoms with van der Waals surface area (Å²) in [6, 6.07) is 18.7. The van der Waals surface area contributed by atoms with E-state index in [9.17, 15) is 4.79 Å². The molecule has 126 valence electrons. The van der Waals surface area contributed by atoms with Gasteiger partial charge in [0.2, 0.25) is 0 Å². The summed E-state index contributed by atoms with van der Waals surface area (Å²) in [4.78, 5) is 16.8. The molecule has 0 aliphatic carbocycles. The predicted molar refractivity (Wildman–Crippen MR) is 97.2 cm³/mol. The SMILES string of the molecule is COc1ccc(C(=O)Nc2ccc(-c3ccccc3)cn2)c(OC)c1. The first kappa shape index (κ1) is 16.5. The highest BCUT2D eigenvalue weighted by atomic mass is 16.5. The molecule has 25 heavy (non-hydrogen) atoms. The number of carbonyl (C=O) groups is 1. The van der Waals surface area contributed by atoms with Gasteiger partial charge in [-0.25, -0.2) is 4.98 Å². The summed E-state index contributed by atoms with van der Waals surface area (Å²) < 4.78 is 10.4. The molecular formula is C20H18N2O3. The van der Waals surface area contributed by atoms with Crippen molar-refractivity contribution in [2.75, 3.05) is 19.5 Å². The number of anilines is 1. The highest BCUT2D eigenvalue weighted by Crippen LogP contribution is 2.25. The molecule has 0 fully saturated rings. The smallest absolute Gasteiger partial charge is 0.260 e. The largest absolute Gasteiger partial charge is 0.497 e. The predicted octanol–water partition coefficient (Wildman–Crippen LogP) is 4.02. The summed E-state index contributed by atoms with van der Waals surface area (Å²) in [5, 5.41) is 2.78. The lowest BCUT2D eigenvalue weighted by molar-refractivity contribution is 0.102. The van der Waals surface area contributed by atoms with E-state index in [1.807, 2.05) is 36.4 Å². The number of benzene rings is 2. The molecule has 0 saturated heterocycles. The van der Waals surface area contributed by atoms with Crippen molar-refractivity contribution in [3.05, 3.63) is 72.4 Å². The van der Waals surface area contributed by atoms with Crippen LogP contribution >= 0.6 is 0 Å². The van der Waals surface area contributed by atoms with Crippen LogP contribution < -0.4 is 14.8 Å². The Morgan fingerprint density at radius 1 is 0.920 bits per heavy atom. The standard InChI is InChI=1S/C20H18N2O3/c1-24-16-9-10-17(18(12-16)25-2)20(23)22-19-11-8-15(13-21-19)14-6-4-3-5-7-14/h3-13H,1-2H3,(H,21,22,23). The monoisotopic (exact) mass is 334 g/mol. The van der Waals surface area contributed by atoms with Gasteiger partial charge in [0.15, 0.2) is 0 Å². The Hall–Kier alpha value is -3.34. The van der Waals surface area contributed by atoms with Crippen LogP contribution in [0.15, 0.2) is 66.9 Å². The van der Waals surface area contributed by atoms with Crippen molar-refractivity contribution < 1.29 is 14.3 Å². The number of ether oxygens (including phenoxy) is 2. The molecule has 0 spiro atoms. The molecule has 5 nitrogen and oxygen atoms in total. The van der Waals surface area contributed by atoms with Crippen molar-refractivity contribution >= 4 is 11.7 Å². The lowest BCUT2D eigenvalue weighted by Crippen LogP contribution is -2.14. The Kier molecular flexibility index (Phi) is 4.95. The maximum Gasteiger partial charge on any atom is 0.260 e. The molecule has 2 aromatic carbocycles. The van der Waals surface area contributed by atoms with Crippen LogP contribution in [0.4, 0.5) is 5.82 Å². The third-order valence-corrected chi connectivity index (χ3v) is 3.77. The zero-order chi connectivity index (χ0) is 17.6. The third-order valence-electron chi connectivity index (χ3n) is 3.77. The van der Waals surface area contributed by atoms with Gasteiger partial charge in [0.25, 0.3) is 5.91 Å². The molecule has 3 rings (SSSR count). The number of nitrogens with one attached hydrogen (secondary N) is 1. The fourth-order valence-electron chi connectivity index (χ4n) is 2.44. The van der Waals surface area contributed by atoms with Gasteiger partial charge >= 0.3 is 0 Å². The summed E-state index contributed by atoms with van der Waals surface area (Å²) in [5.41, 5.74) is 2.47. The van der Waals surface area contributed by atoms with Gasteiger partial charge in [0, 0.05) is 17.8 Å². The molecular weight excluding hydrogens is 316 g/mol. The molecule has 0 saturated carbocycles. The maximum absolute atomic E-state index is 12.5. The summed E-state index contributed by atoms with van der Waals surface area (Å²) in [6.07, 6.45) is 1.73. The summed E-state index contributed by atoms with van der Waals surface area (Å²) in [7, 11) is 3.07. The van der Waals surface area contributed by atoms with Crippen LogP contribution in [0.25, 0.3) is 11.1 Å². The average Bonchev–Trinajstić information content (AvgIpc) is 2.68. The Balaban J connectivity index is 1.77. The van der Waals surface area contributed by atoms with Gasteiger partial charge in [-0.15, -0.1) is 0 Å². The fraction of sp³-hybridized carbons (Fsp3) is 0.100. The van der Waals surface area contributed by atoms with E-state index in [0.717, 1.165) is 11.1 Å². The molecule has 3 aromatic rings. The number of amides is 1. The van der Waals surface area contributed by atoms with Gasteiger partial charge in [0.1, 0.15) is 17.3 Å². The lowest BCUT2D eigenvalue weighted by Gasteiger charge is -2.10. The van der Waals surface area contributed by atoms with Gasteiger partial charge in [0.05, 0.1) is 19.8 Å². The second-order valence-corrected chi connectivity index (χ2v) is 5.32. The molecule has 0 unspecified atom stereocenters. The first-order valence-corrected chi connectivity index (χ1v) is 7.76. The van der Waals surface area contributed by atoms with Crippen molar-refractivity contribution in [2.24, 2.45) is 0 Å². The quantitative estimate of drug-likeness (QED) is 0.765. The first-order chi connectivity index (χ1) is 12.2. The number of hydrogen-bond acceptors (Lipinski definition) is 4. The fourth-order valence-corrected chi connectivity index (χ4v) is 2.44. The Morgan fingerprint density at radius 2 is 1.72 bits per heavy atom. The van der Waals surface area contributed by atoms with Crippen LogP contribution in [0.5, 0.6) is 11.5 Å². The molecule has 5 heteroatoms. The lowest BCUT2D eigenvalue weighted by atomic mass is 10.1. The number of hydrogen-bond donors (Lipinski definition) is 1. The highest BCUT2D eigenvalue weighted by Gasteiger charge is 2.14. The van der Waals surface area contributed by atoms with Crippen LogP contribution in [0.3, 0.4) is 0 Å². The van der Waals surface area contributed by atoms with Gasteiger partial charge in [-0.2, -0.15) is 0 Å². The van der Waals surface area contributed by atoms with Crippen molar-refractivity contribution in [3.63, 3.8) is 0 Å². The number of nitrogens with zero attached hydrogens (tertiary/aromatic N) is 1. The number of rotatable bonds is 5. The molecule has 0 aliphatic heterocycles. The molecule has 1 aromatic heterocycles. The topological polar surface area (TPSA) is 60.5 Å². The third kappa shape index (κ3) is 3.77. The highest BCUT2D eigenvalue weighted by molar-refractivity contribution is 6.05. The Bertz CT molecular complexity index is 862. The van der Waals surface area contributed by atoms with E-state index in [1.54, 1.807) is 37.6 Å². The van der Waals surface area contributed by atoms with Crippen LogP contribution in [0.2, 0.25) is 0 Å². The van der Waals surface area contributed by atoms with E-state index in [0.29, 0.717) is 22.9 Å². The molecule has 0 aliphatic rings.